The zero-order chi connectivity index (χ0) is 14.8. The van der Waals surface area contributed by atoms with Crippen LogP contribution in [0.2, 0.25) is 0 Å². The maximum Gasteiger partial charge on any atom is 0.263 e. The maximum atomic E-state index is 12.3. The molecule has 0 fully saturated rings. The van der Waals surface area contributed by atoms with Crippen LogP contribution >= 0.6 is 0 Å². The van der Waals surface area contributed by atoms with Gasteiger partial charge in [0.1, 0.15) is 4.90 Å². The van der Waals surface area contributed by atoms with Crippen LogP contribution in [0.3, 0.4) is 0 Å². The standard InChI is InChI=1S/C12H19N5O2S/c1-4-13-6-10-5-11(7-14-10)20(18,19)17-12-8(2)15-16-9(12)3/h5,7,13-14,17H,4,6H2,1-3H3,(H,15,16). The van der Waals surface area contributed by atoms with Gasteiger partial charge in [0, 0.05) is 18.4 Å². The van der Waals surface area contributed by atoms with Crippen LogP contribution in [0.4, 0.5) is 5.69 Å². The molecule has 7 nitrogen and oxygen atoms in total. The third-order valence-electron chi connectivity index (χ3n) is 2.96. The number of nitrogens with one attached hydrogen (secondary N) is 4. The SMILES string of the molecule is CCNCc1cc(S(=O)(=O)Nc2c(C)n[nH]c2C)c[nH]1. The van der Waals surface area contributed by atoms with Crippen LogP contribution in [0.1, 0.15) is 24.0 Å². The number of nitrogens with zero attached hydrogens (tertiary/aromatic N) is 1. The molecule has 8 heteroatoms. The average Bonchev–Trinajstić information content (AvgIpc) is 2.99. The highest BCUT2D eigenvalue weighted by Gasteiger charge is 2.19. The molecule has 0 saturated heterocycles. The van der Waals surface area contributed by atoms with Gasteiger partial charge in [-0.3, -0.25) is 9.82 Å². The van der Waals surface area contributed by atoms with E-state index in [-0.39, 0.29) is 4.90 Å². The summed E-state index contributed by atoms with van der Waals surface area (Å²) in [7, 11) is -3.60. The first kappa shape index (κ1) is 14.6. The molecule has 0 saturated carbocycles. The van der Waals surface area contributed by atoms with Crippen molar-refractivity contribution in [2.75, 3.05) is 11.3 Å². The number of aromatic nitrogens is 3. The lowest BCUT2D eigenvalue weighted by Gasteiger charge is -2.06. The van der Waals surface area contributed by atoms with Gasteiger partial charge >= 0.3 is 0 Å². The Bertz CT molecular complexity index is 667. The average molecular weight is 297 g/mol. The Morgan fingerprint density at radius 3 is 2.70 bits per heavy atom. The fourth-order valence-corrected chi connectivity index (χ4v) is 3.03. The molecule has 2 aromatic heterocycles. The van der Waals surface area contributed by atoms with Crippen LogP contribution in [-0.4, -0.2) is 30.1 Å². The third-order valence-corrected chi connectivity index (χ3v) is 4.29. The molecule has 2 rings (SSSR count). The second kappa shape index (κ2) is 5.68. The van der Waals surface area contributed by atoms with Gasteiger partial charge in [0.2, 0.25) is 0 Å². The van der Waals surface area contributed by atoms with Crippen LogP contribution < -0.4 is 10.0 Å². The predicted octanol–water partition coefficient (Wildman–Crippen LogP) is 1.26. The monoisotopic (exact) mass is 297 g/mol. The van der Waals surface area contributed by atoms with E-state index in [1.54, 1.807) is 19.9 Å². The molecule has 0 aromatic carbocycles. The van der Waals surface area contributed by atoms with E-state index < -0.39 is 10.0 Å². The number of rotatable bonds is 6. The molecule has 0 atom stereocenters. The van der Waals surface area contributed by atoms with Gasteiger partial charge in [0.25, 0.3) is 10.0 Å². The summed E-state index contributed by atoms with van der Waals surface area (Å²) in [6.07, 6.45) is 1.49. The fourth-order valence-electron chi connectivity index (χ4n) is 1.83. The molecule has 0 aliphatic rings. The van der Waals surface area contributed by atoms with Crippen molar-refractivity contribution in [1.29, 1.82) is 0 Å². The Balaban J connectivity index is 2.20. The summed E-state index contributed by atoms with van der Waals surface area (Å²) in [5, 5.41) is 9.85. The van der Waals surface area contributed by atoms with Gasteiger partial charge in [0.05, 0.1) is 17.1 Å². The quantitative estimate of drug-likeness (QED) is 0.644. The molecule has 4 N–H and O–H groups in total. The normalized spacial score (nSPS) is 11.8. The van der Waals surface area contributed by atoms with E-state index in [0.717, 1.165) is 12.2 Å². The number of anilines is 1. The molecule has 20 heavy (non-hydrogen) atoms. The second-order valence-corrected chi connectivity index (χ2v) is 6.24. The van der Waals surface area contributed by atoms with Gasteiger partial charge in [0.15, 0.2) is 0 Å². The molecule has 0 spiro atoms. The number of aryl methyl sites for hydroxylation is 2. The topological polar surface area (TPSA) is 103 Å². The van der Waals surface area contributed by atoms with E-state index >= 15 is 0 Å². The summed E-state index contributed by atoms with van der Waals surface area (Å²) in [5.74, 6) is 0. The highest BCUT2D eigenvalue weighted by Crippen LogP contribution is 2.21. The number of H-pyrrole nitrogens is 2. The van der Waals surface area contributed by atoms with Crippen molar-refractivity contribution in [3.05, 3.63) is 29.3 Å². The highest BCUT2D eigenvalue weighted by atomic mass is 32.2. The highest BCUT2D eigenvalue weighted by molar-refractivity contribution is 7.92. The maximum absolute atomic E-state index is 12.3. The summed E-state index contributed by atoms with van der Waals surface area (Å²) in [4.78, 5) is 3.16. The second-order valence-electron chi connectivity index (χ2n) is 4.56. The summed E-state index contributed by atoms with van der Waals surface area (Å²) < 4.78 is 27.2. The van der Waals surface area contributed by atoms with Crippen LogP contribution in [0, 0.1) is 13.8 Å². The van der Waals surface area contributed by atoms with E-state index in [1.807, 2.05) is 6.92 Å². The first-order valence-electron chi connectivity index (χ1n) is 6.36. The van der Waals surface area contributed by atoms with Gasteiger partial charge in [-0.15, -0.1) is 0 Å². The first-order chi connectivity index (χ1) is 9.44. The largest absolute Gasteiger partial charge is 0.363 e. The van der Waals surface area contributed by atoms with Crippen molar-refractivity contribution in [1.82, 2.24) is 20.5 Å². The molecule has 0 amide bonds. The van der Waals surface area contributed by atoms with Gasteiger partial charge < -0.3 is 10.3 Å². The summed E-state index contributed by atoms with van der Waals surface area (Å²) >= 11 is 0. The van der Waals surface area contributed by atoms with Crippen LogP contribution in [-0.2, 0) is 16.6 Å². The Labute approximate surface area is 118 Å². The Morgan fingerprint density at radius 2 is 2.10 bits per heavy atom. The molecular weight excluding hydrogens is 278 g/mol. The van der Waals surface area contributed by atoms with E-state index in [1.165, 1.54) is 6.20 Å². The van der Waals surface area contributed by atoms with E-state index in [9.17, 15) is 8.42 Å². The molecule has 0 bridgehead atoms. The molecule has 0 aliphatic carbocycles. The minimum Gasteiger partial charge on any atom is -0.363 e. The van der Waals surface area contributed by atoms with Gasteiger partial charge in [-0.25, -0.2) is 8.42 Å². The lowest BCUT2D eigenvalue weighted by Crippen LogP contribution is -2.13. The zero-order valence-corrected chi connectivity index (χ0v) is 12.6. The van der Waals surface area contributed by atoms with Gasteiger partial charge in [-0.05, 0) is 26.5 Å². The van der Waals surface area contributed by atoms with Crippen molar-refractivity contribution < 1.29 is 8.42 Å². The van der Waals surface area contributed by atoms with Gasteiger partial charge in [-0.1, -0.05) is 6.92 Å². The molecule has 110 valence electrons. The molecule has 2 heterocycles. The third kappa shape index (κ3) is 3.02. The smallest absolute Gasteiger partial charge is 0.263 e. The lowest BCUT2D eigenvalue weighted by molar-refractivity contribution is 0.601. The molecule has 0 radical (unpaired) electrons. The zero-order valence-electron chi connectivity index (χ0n) is 11.7. The lowest BCUT2D eigenvalue weighted by atomic mass is 10.3. The summed E-state index contributed by atoms with van der Waals surface area (Å²) in [5.41, 5.74) is 2.64. The first-order valence-corrected chi connectivity index (χ1v) is 7.84. The van der Waals surface area contributed by atoms with Crippen LogP contribution in [0.25, 0.3) is 0 Å². The predicted molar refractivity (Wildman–Crippen MR) is 77.0 cm³/mol. The number of hydrogen-bond acceptors (Lipinski definition) is 4. The minimum absolute atomic E-state index is 0.213. The van der Waals surface area contributed by atoms with Crippen molar-refractivity contribution in [3.8, 4) is 0 Å². The minimum atomic E-state index is -3.60. The van der Waals surface area contributed by atoms with Crippen molar-refractivity contribution in [2.24, 2.45) is 0 Å². The van der Waals surface area contributed by atoms with Crippen LogP contribution in [0.15, 0.2) is 17.2 Å². The Morgan fingerprint density at radius 1 is 1.35 bits per heavy atom. The van der Waals surface area contributed by atoms with Crippen molar-refractivity contribution in [3.63, 3.8) is 0 Å². The number of aromatic amines is 2. The molecule has 0 unspecified atom stereocenters. The van der Waals surface area contributed by atoms with Crippen molar-refractivity contribution >= 4 is 15.7 Å². The molecule has 0 aliphatic heterocycles. The van der Waals surface area contributed by atoms with Gasteiger partial charge in [-0.2, -0.15) is 5.10 Å². The Hall–Kier alpha value is -1.80. The number of sulfonamides is 1. The number of hydrogen-bond donors (Lipinski definition) is 4. The fraction of sp³-hybridized carbons (Fsp3) is 0.417. The van der Waals surface area contributed by atoms with Crippen LogP contribution in [0.5, 0.6) is 0 Å². The molecular formula is C12H19N5O2S. The summed E-state index contributed by atoms with van der Waals surface area (Å²) in [6, 6.07) is 1.62. The Kier molecular flexibility index (Phi) is 4.15. The van der Waals surface area contributed by atoms with E-state index in [4.69, 9.17) is 0 Å². The van der Waals surface area contributed by atoms with Crippen molar-refractivity contribution in [2.45, 2.75) is 32.2 Å². The summed E-state index contributed by atoms with van der Waals surface area (Å²) in [6.45, 7) is 6.94. The van der Waals surface area contributed by atoms with E-state index in [2.05, 4.69) is 25.2 Å². The molecule has 2 aromatic rings. The van der Waals surface area contributed by atoms with E-state index in [0.29, 0.717) is 23.6 Å².